The zero-order chi connectivity index (χ0) is 13.8. The summed E-state index contributed by atoms with van der Waals surface area (Å²) in [5, 5.41) is 3.58. The number of nitrogens with zero attached hydrogens (tertiary/aromatic N) is 1. The maximum Gasteiger partial charge on any atom is 0.161 e. The summed E-state index contributed by atoms with van der Waals surface area (Å²) in [5.74, 6) is 1.75. The first-order valence-corrected chi connectivity index (χ1v) is 7.70. The highest BCUT2D eigenvalue weighted by molar-refractivity contribution is 5.43. The topological polar surface area (TPSA) is 33.7 Å². The number of fused-ring (bicyclic) bond motifs is 1. The van der Waals surface area contributed by atoms with Crippen LogP contribution in [0.1, 0.15) is 25.3 Å². The molecule has 0 bridgehead atoms. The molecule has 0 saturated carbocycles. The van der Waals surface area contributed by atoms with Crippen LogP contribution in [0.3, 0.4) is 0 Å². The second-order valence-electron chi connectivity index (χ2n) is 5.53. The van der Waals surface area contributed by atoms with Crippen molar-refractivity contribution < 1.29 is 9.47 Å². The Morgan fingerprint density at radius 2 is 2.10 bits per heavy atom. The first-order chi connectivity index (χ1) is 9.86. The Kier molecular flexibility index (Phi) is 4.43. The average molecular weight is 276 g/mol. The summed E-state index contributed by atoms with van der Waals surface area (Å²) in [6.45, 7) is 7.94. The highest BCUT2D eigenvalue weighted by Crippen LogP contribution is 2.30. The zero-order valence-corrected chi connectivity index (χ0v) is 12.2. The molecule has 1 N–H and O–H groups in total. The molecular weight excluding hydrogens is 252 g/mol. The summed E-state index contributed by atoms with van der Waals surface area (Å²) < 4.78 is 11.2. The minimum Gasteiger partial charge on any atom is -0.486 e. The van der Waals surface area contributed by atoms with Crippen molar-refractivity contribution in [2.24, 2.45) is 0 Å². The van der Waals surface area contributed by atoms with Crippen molar-refractivity contribution in [1.29, 1.82) is 0 Å². The van der Waals surface area contributed by atoms with Crippen molar-refractivity contribution in [2.75, 3.05) is 32.8 Å². The lowest BCUT2D eigenvalue weighted by atomic mass is 10.1. The van der Waals surface area contributed by atoms with E-state index < -0.39 is 0 Å². The molecule has 2 heterocycles. The van der Waals surface area contributed by atoms with Crippen molar-refractivity contribution in [2.45, 2.75) is 32.4 Å². The van der Waals surface area contributed by atoms with Gasteiger partial charge in [-0.2, -0.15) is 0 Å². The Bertz CT molecular complexity index is 450. The van der Waals surface area contributed by atoms with E-state index in [1.54, 1.807) is 0 Å². The number of hydrogen-bond acceptors (Lipinski definition) is 4. The average Bonchev–Trinajstić information content (AvgIpc) is 2.95. The molecule has 0 radical (unpaired) electrons. The lowest BCUT2D eigenvalue weighted by molar-refractivity contribution is 0.171. The molecule has 1 saturated heterocycles. The van der Waals surface area contributed by atoms with Gasteiger partial charge in [0.15, 0.2) is 11.5 Å². The lowest BCUT2D eigenvalue weighted by Gasteiger charge is -2.23. The van der Waals surface area contributed by atoms with E-state index in [0.29, 0.717) is 19.3 Å². The molecule has 20 heavy (non-hydrogen) atoms. The minimum absolute atomic E-state index is 0.650. The van der Waals surface area contributed by atoms with Crippen LogP contribution in [-0.2, 0) is 6.54 Å². The normalized spacial score (nSPS) is 22.1. The molecule has 1 atom stereocenters. The van der Waals surface area contributed by atoms with E-state index in [9.17, 15) is 0 Å². The van der Waals surface area contributed by atoms with Crippen LogP contribution in [0.5, 0.6) is 11.5 Å². The molecule has 0 aromatic heterocycles. The van der Waals surface area contributed by atoms with Gasteiger partial charge in [0.05, 0.1) is 0 Å². The third-order valence-corrected chi connectivity index (χ3v) is 4.22. The molecule has 0 unspecified atom stereocenters. The maximum atomic E-state index is 5.62. The number of likely N-dealkylation sites (tertiary alicyclic amines) is 1. The summed E-state index contributed by atoms with van der Waals surface area (Å²) in [4.78, 5) is 2.57. The van der Waals surface area contributed by atoms with Crippen molar-refractivity contribution in [3.8, 4) is 11.5 Å². The van der Waals surface area contributed by atoms with E-state index in [1.165, 1.54) is 24.9 Å². The van der Waals surface area contributed by atoms with Gasteiger partial charge in [0.2, 0.25) is 0 Å². The molecule has 0 spiro atoms. The van der Waals surface area contributed by atoms with E-state index in [-0.39, 0.29) is 0 Å². The monoisotopic (exact) mass is 276 g/mol. The fraction of sp³-hybridized carbons (Fsp3) is 0.625. The molecule has 2 aliphatic rings. The number of nitrogens with one attached hydrogen (secondary N) is 1. The van der Waals surface area contributed by atoms with Gasteiger partial charge in [-0.15, -0.1) is 0 Å². The number of rotatable bonds is 5. The van der Waals surface area contributed by atoms with Gasteiger partial charge in [0.25, 0.3) is 0 Å². The molecule has 1 fully saturated rings. The van der Waals surface area contributed by atoms with Crippen molar-refractivity contribution in [3.05, 3.63) is 23.8 Å². The quantitative estimate of drug-likeness (QED) is 0.892. The summed E-state index contributed by atoms with van der Waals surface area (Å²) in [6, 6.07) is 6.93. The molecular formula is C16H24N2O2. The molecule has 0 amide bonds. The Hall–Kier alpha value is -1.26. The molecule has 3 rings (SSSR count). The summed E-state index contributed by atoms with van der Waals surface area (Å²) >= 11 is 0. The third kappa shape index (κ3) is 3.07. The number of benzene rings is 1. The first kappa shape index (κ1) is 13.7. The van der Waals surface area contributed by atoms with E-state index >= 15 is 0 Å². The van der Waals surface area contributed by atoms with Gasteiger partial charge >= 0.3 is 0 Å². The van der Waals surface area contributed by atoms with E-state index in [1.807, 2.05) is 6.07 Å². The van der Waals surface area contributed by atoms with Crippen LogP contribution >= 0.6 is 0 Å². The smallest absolute Gasteiger partial charge is 0.161 e. The lowest BCUT2D eigenvalue weighted by Crippen LogP contribution is -2.37. The highest BCUT2D eigenvalue weighted by Gasteiger charge is 2.22. The van der Waals surface area contributed by atoms with Crippen molar-refractivity contribution in [1.82, 2.24) is 10.2 Å². The molecule has 1 aromatic rings. The first-order valence-electron chi connectivity index (χ1n) is 7.70. The zero-order valence-electron chi connectivity index (χ0n) is 12.2. The Balaban J connectivity index is 1.51. The van der Waals surface area contributed by atoms with Gasteiger partial charge in [-0.1, -0.05) is 13.0 Å². The highest BCUT2D eigenvalue weighted by atomic mass is 16.6. The van der Waals surface area contributed by atoms with Gasteiger partial charge < -0.3 is 14.8 Å². The summed E-state index contributed by atoms with van der Waals surface area (Å²) in [5.41, 5.74) is 1.26. The van der Waals surface area contributed by atoms with Crippen LogP contribution < -0.4 is 14.8 Å². The predicted molar refractivity (Wildman–Crippen MR) is 79.4 cm³/mol. The van der Waals surface area contributed by atoms with Gasteiger partial charge in [0, 0.05) is 19.1 Å². The molecule has 4 nitrogen and oxygen atoms in total. The second-order valence-corrected chi connectivity index (χ2v) is 5.53. The number of hydrogen-bond donors (Lipinski definition) is 1. The summed E-state index contributed by atoms with van der Waals surface area (Å²) in [6.07, 6.45) is 2.66. The van der Waals surface area contributed by atoms with Crippen LogP contribution in [0.15, 0.2) is 18.2 Å². The largest absolute Gasteiger partial charge is 0.486 e. The molecule has 0 aliphatic carbocycles. The van der Waals surface area contributed by atoms with Gasteiger partial charge in [-0.3, -0.25) is 4.90 Å². The molecule has 2 aliphatic heterocycles. The van der Waals surface area contributed by atoms with Crippen LogP contribution in [0.25, 0.3) is 0 Å². The minimum atomic E-state index is 0.650. The number of likely N-dealkylation sites (N-methyl/N-ethyl adjacent to an activating group) is 1. The van der Waals surface area contributed by atoms with E-state index in [0.717, 1.165) is 31.1 Å². The summed E-state index contributed by atoms with van der Waals surface area (Å²) in [7, 11) is 0. The van der Waals surface area contributed by atoms with Crippen molar-refractivity contribution >= 4 is 0 Å². The fourth-order valence-electron chi connectivity index (χ4n) is 3.12. The fourth-order valence-corrected chi connectivity index (χ4v) is 3.12. The van der Waals surface area contributed by atoms with Gasteiger partial charge in [-0.25, -0.2) is 0 Å². The SMILES string of the molecule is CCN1CCC[C@@H]1CNCc1ccc2c(c1)OCCO2. The van der Waals surface area contributed by atoms with E-state index in [2.05, 4.69) is 29.3 Å². The maximum absolute atomic E-state index is 5.62. The molecule has 1 aromatic carbocycles. The number of ether oxygens (including phenoxy) is 2. The third-order valence-electron chi connectivity index (χ3n) is 4.22. The Morgan fingerprint density at radius 1 is 1.25 bits per heavy atom. The van der Waals surface area contributed by atoms with Crippen LogP contribution in [0.2, 0.25) is 0 Å². The van der Waals surface area contributed by atoms with Gasteiger partial charge in [-0.05, 0) is 43.6 Å². The van der Waals surface area contributed by atoms with Crippen molar-refractivity contribution in [3.63, 3.8) is 0 Å². The Morgan fingerprint density at radius 3 is 2.95 bits per heavy atom. The van der Waals surface area contributed by atoms with Crippen LogP contribution in [0.4, 0.5) is 0 Å². The van der Waals surface area contributed by atoms with Crippen LogP contribution in [0, 0.1) is 0 Å². The van der Waals surface area contributed by atoms with E-state index in [4.69, 9.17) is 9.47 Å². The second kappa shape index (κ2) is 6.46. The van der Waals surface area contributed by atoms with Gasteiger partial charge in [0.1, 0.15) is 13.2 Å². The predicted octanol–water partition coefficient (Wildman–Crippen LogP) is 2.03. The Labute approximate surface area is 121 Å². The molecule has 110 valence electrons. The van der Waals surface area contributed by atoms with Crippen LogP contribution in [-0.4, -0.2) is 43.8 Å². The standard InChI is InChI=1S/C16H24N2O2/c1-2-18-7-3-4-14(18)12-17-11-13-5-6-15-16(10-13)20-9-8-19-15/h5-6,10,14,17H,2-4,7-9,11-12H2,1H3/t14-/m1/s1. The molecule has 4 heteroatoms.